The van der Waals surface area contributed by atoms with Gasteiger partial charge in [-0.05, 0) is 13.0 Å². The number of methoxy groups -OCH3 is 1. The maximum absolute atomic E-state index is 11.5. The van der Waals surface area contributed by atoms with Gasteiger partial charge in [-0.1, -0.05) is 24.8 Å². The number of benzene rings is 1. The van der Waals surface area contributed by atoms with E-state index >= 15 is 0 Å². The van der Waals surface area contributed by atoms with Gasteiger partial charge in [0.05, 0.1) is 24.9 Å². The molecule has 17 heavy (non-hydrogen) atoms. The highest BCUT2D eigenvalue weighted by atomic mass is 16.5. The minimum absolute atomic E-state index is 0.146. The lowest BCUT2D eigenvalue weighted by molar-refractivity contribution is -0.136. The molecule has 0 aliphatic carbocycles. The molecule has 0 amide bonds. The van der Waals surface area contributed by atoms with E-state index in [0.29, 0.717) is 11.1 Å². The van der Waals surface area contributed by atoms with E-state index in [1.807, 2.05) is 0 Å². The van der Waals surface area contributed by atoms with Gasteiger partial charge in [0.1, 0.15) is 0 Å². The Morgan fingerprint density at radius 3 is 2.35 bits per heavy atom. The third-order valence-corrected chi connectivity index (χ3v) is 2.18. The van der Waals surface area contributed by atoms with Crippen LogP contribution in [0.2, 0.25) is 0 Å². The summed E-state index contributed by atoms with van der Waals surface area (Å²) < 4.78 is 9.47. The van der Waals surface area contributed by atoms with Crippen molar-refractivity contribution in [1.82, 2.24) is 0 Å². The maximum atomic E-state index is 11.5. The molecule has 4 nitrogen and oxygen atoms in total. The van der Waals surface area contributed by atoms with Gasteiger partial charge >= 0.3 is 11.9 Å². The summed E-state index contributed by atoms with van der Waals surface area (Å²) >= 11 is 0. The third kappa shape index (κ3) is 2.93. The Balaban J connectivity index is 3.09. The van der Waals surface area contributed by atoms with Crippen LogP contribution in [0, 0.1) is 0 Å². The van der Waals surface area contributed by atoms with Crippen molar-refractivity contribution in [1.29, 1.82) is 0 Å². The molecular weight excluding hydrogens is 220 g/mol. The summed E-state index contributed by atoms with van der Waals surface area (Å²) in [5.74, 6) is -1.05. The molecule has 4 heteroatoms. The normalized spacial score (nSPS) is 9.53. The predicted molar refractivity (Wildman–Crippen MR) is 63.4 cm³/mol. The van der Waals surface area contributed by atoms with E-state index in [4.69, 9.17) is 4.74 Å². The zero-order valence-electron chi connectivity index (χ0n) is 9.86. The standard InChI is InChI=1S/C13H14O4/c1-4-17-12(14)9(2)10-7-5-6-8-11(10)13(15)16-3/h5-8H,2,4H2,1,3H3. The molecule has 0 aromatic heterocycles. The molecule has 0 bridgehead atoms. The van der Waals surface area contributed by atoms with Gasteiger partial charge in [0.25, 0.3) is 0 Å². The average Bonchev–Trinajstić information content (AvgIpc) is 2.37. The van der Waals surface area contributed by atoms with Gasteiger partial charge in [0.15, 0.2) is 0 Å². The molecule has 1 aromatic carbocycles. The zero-order chi connectivity index (χ0) is 12.8. The molecule has 0 radical (unpaired) electrons. The Hall–Kier alpha value is -2.10. The van der Waals surface area contributed by atoms with Crippen LogP contribution in [0.1, 0.15) is 22.8 Å². The van der Waals surface area contributed by atoms with Crippen molar-refractivity contribution in [3.63, 3.8) is 0 Å². The molecule has 0 atom stereocenters. The molecule has 0 fully saturated rings. The Bertz CT molecular complexity index is 448. The first kappa shape index (κ1) is 13.0. The number of hydrogen-bond acceptors (Lipinski definition) is 4. The van der Waals surface area contributed by atoms with Crippen molar-refractivity contribution >= 4 is 17.5 Å². The number of rotatable bonds is 4. The number of hydrogen-bond donors (Lipinski definition) is 0. The van der Waals surface area contributed by atoms with Crippen molar-refractivity contribution in [2.75, 3.05) is 13.7 Å². The lowest BCUT2D eigenvalue weighted by atomic mass is 10.0. The second kappa shape index (κ2) is 5.84. The number of esters is 2. The molecule has 0 heterocycles. The van der Waals surface area contributed by atoms with Crippen molar-refractivity contribution in [3.05, 3.63) is 42.0 Å². The van der Waals surface area contributed by atoms with Gasteiger partial charge < -0.3 is 9.47 Å². The predicted octanol–water partition coefficient (Wildman–Crippen LogP) is 2.05. The first-order chi connectivity index (χ1) is 8.11. The molecular formula is C13H14O4. The Labute approximate surface area is 99.8 Å². The molecule has 0 spiro atoms. The summed E-state index contributed by atoms with van der Waals surface area (Å²) in [4.78, 5) is 23.0. The topological polar surface area (TPSA) is 52.6 Å². The first-order valence-electron chi connectivity index (χ1n) is 5.15. The van der Waals surface area contributed by atoms with E-state index in [-0.39, 0.29) is 12.2 Å². The fraction of sp³-hybridized carbons (Fsp3) is 0.231. The Morgan fingerprint density at radius 1 is 1.24 bits per heavy atom. The smallest absolute Gasteiger partial charge is 0.338 e. The lowest BCUT2D eigenvalue weighted by Gasteiger charge is -2.09. The van der Waals surface area contributed by atoms with Crippen LogP contribution in [-0.4, -0.2) is 25.7 Å². The second-order valence-electron chi connectivity index (χ2n) is 3.24. The summed E-state index contributed by atoms with van der Waals surface area (Å²) in [7, 11) is 1.28. The summed E-state index contributed by atoms with van der Waals surface area (Å²) in [5.41, 5.74) is 0.874. The Morgan fingerprint density at radius 2 is 1.82 bits per heavy atom. The molecule has 0 saturated carbocycles. The van der Waals surface area contributed by atoms with Gasteiger partial charge in [-0.2, -0.15) is 0 Å². The van der Waals surface area contributed by atoms with Crippen LogP contribution >= 0.6 is 0 Å². The summed E-state index contributed by atoms with van der Waals surface area (Å²) in [6, 6.07) is 6.61. The largest absolute Gasteiger partial charge is 0.465 e. The highest BCUT2D eigenvalue weighted by molar-refractivity contribution is 6.18. The van der Waals surface area contributed by atoms with E-state index < -0.39 is 11.9 Å². The summed E-state index contributed by atoms with van der Waals surface area (Å²) in [6.07, 6.45) is 0. The van der Waals surface area contributed by atoms with Crippen LogP contribution < -0.4 is 0 Å². The first-order valence-corrected chi connectivity index (χ1v) is 5.15. The molecule has 0 unspecified atom stereocenters. The van der Waals surface area contributed by atoms with Gasteiger partial charge in [-0.3, -0.25) is 0 Å². The molecule has 0 N–H and O–H groups in total. The van der Waals surface area contributed by atoms with Gasteiger partial charge in [-0.25, -0.2) is 9.59 Å². The van der Waals surface area contributed by atoms with E-state index in [1.54, 1.807) is 31.2 Å². The van der Waals surface area contributed by atoms with Crippen molar-refractivity contribution < 1.29 is 19.1 Å². The van der Waals surface area contributed by atoms with E-state index in [1.165, 1.54) is 7.11 Å². The monoisotopic (exact) mass is 234 g/mol. The van der Waals surface area contributed by atoms with Crippen LogP contribution in [-0.2, 0) is 14.3 Å². The zero-order valence-corrected chi connectivity index (χ0v) is 9.86. The second-order valence-corrected chi connectivity index (χ2v) is 3.24. The molecule has 1 aromatic rings. The molecule has 0 aliphatic rings. The highest BCUT2D eigenvalue weighted by Gasteiger charge is 2.18. The minimum atomic E-state index is -0.538. The van der Waals surface area contributed by atoms with E-state index in [9.17, 15) is 9.59 Å². The highest BCUT2D eigenvalue weighted by Crippen LogP contribution is 2.19. The van der Waals surface area contributed by atoms with Crippen LogP contribution in [0.3, 0.4) is 0 Å². The maximum Gasteiger partial charge on any atom is 0.338 e. The summed E-state index contributed by atoms with van der Waals surface area (Å²) in [6.45, 7) is 5.61. The number of ether oxygens (including phenoxy) is 2. The van der Waals surface area contributed by atoms with Crippen LogP contribution in [0.25, 0.3) is 5.57 Å². The van der Waals surface area contributed by atoms with Crippen LogP contribution in [0.5, 0.6) is 0 Å². The quantitative estimate of drug-likeness (QED) is 0.591. The fourth-order valence-electron chi connectivity index (χ4n) is 1.36. The average molecular weight is 234 g/mol. The molecule has 90 valence electrons. The molecule has 0 saturated heterocycles. The fourth-order valence-corrected chi connectivity index (χ4v) is 1.36. The van der Waals surface area contributed by atoms with Crippen LogP contribution in [0.15, 0.2) is 30.8 Å². The van der Waals surface area contributed by atoms with E-state index in [2.05, 4.69) is 11.3 Å². The van der Waals surface area contributed by atoms with Crippen molar-refractivity contribution in [2.45, 2.75) is 6.92 Å². The van der Waals surface area contributed by atoms with Gasteiger partial charge in [-0.15, -0.1) is 0 Å². The number of carbonyl (C=O) groups is 2. The van der Waals surface area contributed by atoms with Crippen molar-refractivity contribution in [3.8, 4) is 0 Å². The lowest BCUT2D eigenvalue weighted by Crippen LogP contribution is -2.11. The van der Waals surface area contributed by atoms with Gasteiger partial charge in [0, 0.05) is 5.56 Å². The Kier molecular flexibility index (Phi) is 4.46. The summed E-state index contributed by atoms with van der Waals surface area (Å²) in [5, 5.41) is 0. The van der Waals surface area contributed by atoms with Crippen molar-refractivity contribution in [2.24, 2.45) is 0 Å². The number of carbonyl (C=O) groups excluding carboxylic acids is 2. The van der Waals surface area contributed by atoms with Gasteiger partial charge in [0.2, 0.25) is 0 Å². The molecule has 0 aliphatic heterocycles. The minimum Gasteiger partial charge on any atom is -0.465 e. The third-order valence-electron chi connectivity index (χ3n) is 2.18. The molecule has 1 rings (SSSR count). The SMILES string of the molecule is C=C(C(=O)OCC)c1ccccc1C(=O)OC. The van der Waals surface area contributed by atoms with E-state index in [0.717, 1.165) is 0 Å². The van der Waals surface area contributed by atoms with Crippen LogP contribution in [0.4, 0.5) is 0 Å².